The molecule has 0 spiro atoms. The first-order valence-corrected chi connectivity index (χ1v) is 12.9. The fourth-order valence-corrected chi connectivity index (χ4v) is 6.03. The molecule has 0 fully saturated rings. The predicted octanol–water partition coefficient (Wildman–Crippen LogP) is 5.99. The number of carbonyl (C=O) groups excluding carboxylic acids is 1. The van der Waals surface area contributed by atoms with Crippen molar-refractivity contribution in [2.24, 2.45) is 5.10 Å². The number of fused-ring (bicyclic) bond motifs is 1. The number of benzene rings is 3. The zero-order valence-electron chi connectivity index (χ0n) is 16.2. The Hall–Kier alpha value is -2.20. The smallest absolute Gasteiger partial charge is 0.250 e. The summed E-state index contributed by atoms with van der Waals surface area (Å²) in [4.78, 5) is 12.0. The van der Waals surface area contributed by atoms with E-state index in [1.807, 2.05) is 24.3 Å². The van der Waals surface area contributed by atoms with E-state index in [4.69, 9.17) is 0 Å². The molecule has 0 bridgehead atoms. The van der Waals surface area contributed by atoms with Crippen LogP contribution >= 0.6 is 50.8 Å². The van der Waals surface area contributed by atoms with Gasteiger partial charge in [0.1, 0.15) is 0 Å². The zero-order valence-corrected chi connectivity index (χ0v) is 20.2. The van der Waals surface area contributed by atoms with Crippen LogP contribution in [-0.2, 0) is 10.5 Å². The Morgan fingerprint density at radius 3 is 2.68 bits per heavy atom. The average Bonchev–Trinajstić information content (AvgIpc) is 3.24. The van der Waals surface area contributed by atoms with Crippen LogP contribution in [0.3, 0.4) is 0 Å². The van der Waals surface area contributed by atoms with Gasteiger partial charge < -0.3 is 0 Å². The van der Waals surface area contributed by atoms with Gasteiger partial charge in [0.05, 0.1) is 12.0 Å². The lowest BCUT2D eigenvalue weighted by Gasteiger charge is -2.04. The normalized spacial score (nSPS) is 11.3. The number of halogens is 1. The molecule has 0 radical (unpaired) electrons. The largest absolute Gasteiger partial charge is 0.272 e. The van der Waals surface area contributed by atoms with Crippen molar-refractivity contribution in [3.8, 4) is 0 Å². The highest BCUT2D eigenvalue weighted by Crippen LogP contribution is 2.32. The number of hydrogen-bond acceptors (Lipinski definition) is 7. The molecule has 156 valence electrons. The highest BCUT2D eigenvalue weighted by molar-refractivity contribution is 9.10. The Morgan fingerprint density at radius 2 is 1.81 bits per heavy atom. The number of hydrogen-bond donors (Lipinski definition) is 1. The van der Waals surface area contributed by atoms with Crippen LogP contribution in [0.1, 0.15) is 11.1 Å². The predicted molar refractivity (Wildman–Crippen MR) is 134 cm³/mol. The minimum Gasteiger partial charge on any atom is -0.272 e. The topological polar surface area (TPSA) is 67.2 Å². The van der Waals surface area contributed by atoms with E-state index < -0.39 is 0 Å². The fraction of sp³-hybridized carbons (Fsp3) is 0.0909. The van der Waals surface area contributed by atoms with Gasteiger partial charge in [-0.25, -0.2) is 5.43 Å². The highest BCUT2D eigenvalue weighted by Gasteiger charge is 2.09. The first-order chi connectivity index (χ1) is 15.2. The van der Waals surface area contributed by atoms with Crippen LogP contribution in [0.25, 0.3) is 10.8 Å². The summed E-state index contributed by atoms with van der Waals surface area (Å²) in [6.07, 6.45) is 1.61. The number of amides is 1. The van der Waals surface area contributed by atoms with Crippen LogP contribution in [0.2, 0.25) is 0 Å². The van der Waals surface area contributed by atoms with E-state index in [0.717, 1.165) is 24.5 Å². The van der Waals surface area contributed by atoms with Gasteiger partial charge in [0.15, 0.2) is 8.68 Å². The highest BCUT2D eigenvalue weighted by atomic mass is 79.9. The van der Waals surface area contributed by atoms with Gasteiger partial charge in [-0.1, -0.05) is 105 Å². The molecule has 0 saturated carbocycles. The van der Waals surface area contributed by atoms with E-state index in [2.05, 4.69) is 79.1 Å². The van der Waals surface area contributed by atoms with Crippen LogP contribution in [0.15, 0.2) is 85.0 Å². The van der Waals surface area contributed by atoms with Crippen molar-refractivity contribution in [3.63, 3.8) is 0 Å². The number of nitrogens with one attached hydrogen (secondary N) is 1. The lowest BCUT2D eigenvalue weighted by Crippen LogP contribution is -2.19. The molecule has 0 aliphatic rings. The van der Waals surface area contributed by atoms with E-state index in [-0.39, 0.29) is 11.7 Å². The van der Waals surface area contributed by atoms with E-state index in [1.54, 1.807) is 18.0 Å². The summed E-state index contributed by atoms with van der Waals surface area (Å²) in [6, 6.07) is 22.4. The molecule has 4 rings (SSSR count). The molecular weight excluding hydrogens is 512 g/mol. The van der Waals surface area contributed by atoms with Crippen molar-refractivity contribution in [3.05, 3.63) is 82.3 Å². The van der Waals surface area contributed by atoms with Crippen LogP contribution < -0.4 is 5.43 Å². The summed E-state index contributed by atoms with van der Waals surface area (Å²) in [7, 11) is 0. The Morgan fingerprint density at radius 1 is 1.03 bits per heavy atom. The Labute approximate surface area is 200 Å². The van der Waals surface area contributed by atoms with Crippen molar-refractivity contribution in [1.82, 2.24) is 15.6 Å². The SMILES string of the molecule is O=C(CSc1nnc(SCc2cccc3ccccc23)s1)N/N=C\c1cccc(Br)c1. The van der Waals surface area contributed by atoms with Crippen molar-refractivity contribution in [1.29, 1.82) is 0 Å². The molecule has 9 heteroatoms. The molecule has 0 saturated heterocycles. The van der Waals surface area contributed by atoms with Gasteiger partial charge in [0.25, 0.3) is 5.91 Å². The van der Waals surface area contributed by atoms with Crippen LogP contribution in [0.4, 0.5) is 0 Å². The lowest BCUT2D eigenvalue weighted by molar-refractivity contribution is -0.118. The summed E-state index contributed by atoms with van der Waals surface area (Å²) in [5.41, 5.74) is 4.71. The number of nitrogens with zero attached hydrogens (tertiary/aromatic N) is 3. The van der Waals surface area contributed by atoms with E-state index >= 15 is 0 Å². The van der Waals surface area contributed by atoms with Crippen LogP contribution in [-0.4, -0.2) is 28.1 Å². The number of aromatic nitrogens is 2. The third-order valence-corrected chi connectivity index (χ3v) is 7.93. The Kier molecular flexibility index (Phi) is 7.74. The van der Waals surface area contributed by atoms with E-state index in [0.29, 0.717) is 0 Å². The van der Waals surface area contributed by atoms with Crippen molar-refractivity contribution in [2.75, 3.05) is 5.75 Å². The molecule has 0 aliphatic heterocycles. The first-order valence-electron chi connectivity index (χ1n) is 9.30. The summed E-state index contributed by atoms with van der Waals surface area (Å²) in [5.74, 6) is 0.876. The summed E-state index contributed by atoms with van der Waals surface area (Å²) in [6.45, 7) is 0. The molecule has 1 N–H and O–H groups in total. The monoisotopic (exact) mass is 528 g/mol. The molecule has 1 heterocycles. The molecule has 0 unspecified atom stereocenters. The molecule has 4 aromatic rings. The Bertz CT molecular complexity index is 1220. The Balaban J connectivity index is 1.25. The second kappa shape index (κ2) is 10.9. The molecule has 0 aliphatic carbocycles. The number of rotatable bonds is 8. The molecular formula is C22H17BrN4OS3. The first kappa shape index (κ1) is 22.0. The lowest BCUT2D eigenvalue weighted by atomic mass is 10.1. The van der Waals surface area contributed by atoms with Crippen molar-refractivity contribution >= 4 is 73.7 Å². The van der Waals surface area contributed by atoms with Gasteiger partial charge in [-0.05, 0) is 34.0 Å². The van der Waals surface area contributed by atoms with Gasteiger partial charge in [-0.15, -0.1) is 10.2 Å². The third-order valence-electron chi connectivity index (χ3n) is 4.20. The zero-order chi connectivity index (χ0) is 21.5. The number of thioether (sulfide) groups is 2. The standard InChI is InChI=1S/C22H17BrN4OS3/c23-18-9-3-5-15(11-18)12-24-25-20(28)14-30-22-27-26-21(31-22)29-13-17-8-4-7-16-6-1-2-10-19(16)17/h1-12H,13-14H2,(H,25,28)/b24-12-. The molecule has 0 atom stereocenters. The average molecular weight is 530 g/mol. The molecule has 3 aromatic carbocycles. The maximum absolute atomic E-state index is 12.0. The molecule has 31 heavy (non-hydrogen) atoms. The van der Waals surface area contributed by atoms with Crippen LogP contribution in [0.5, 0.6) is 0 Å². The summed E-state index contributed by atoms with van der Waals surface area (Å²) >= 11 is 7.93. The second-order valence-corrected chi connectivity index (χ2v) is 10.7. The van der Waals surface area contributed by atoms with Crippen molar-refractivity contribution in [2.45, 2.75) is 14.4 Å². The van der Waals surface area contributed by atoms with Crippen molar-refractivity contribution < 1.29 is 4.79 Å². The quantitative estimate of drug-likeness (QED) is 0.173. The molecule has 1 aromatic heterocycles. The molecule has 1 amide bonds. The van der Waals surface area contributed by atoms with Gasteiger partial charge >= 0.3 is 0 Å². The van der Waals surface area contributed by atoms with Gasteiger partial charge in [0, 0.05) is 10.2 Å². The number of carbonyl (C=O) groups is 1. The van der Waals surface area contributed by atoms with Gasteiger partial charge in [-0.2, -0.15) is 5.10 Å². The van der Waals surface area contributed by atoms with E-state index in [9.17, 15) is 4.79 Å². The van der Waals surface area contributed by atoms with E-state index in [1.165, 1.54) is 39.4 Å². The summed E-state index contributed by atoms with van der Waals surface area (Å²) < 4.78 is 2.62. The summed E-state index contributed by atoms with van der Waals surface area (Å²) in [5, 5.41) is 14.9. The minimum absolute atomic E-state index is 0.184. The minimum atomic E-state index is -0.184. The van der Waals surface area contributed by atoms with Crippen LogP contribution in [0, 0.1) is 0 Å². The fourth-order valence-electron chi connectivity index (χ4n) is 2.80. The maximum Gasteiger partial charge on any atom is 0.250 e. The molecule has 5 nitrogen and oxygen atoms in total. The van der Waals surface area contributed by atoms with Gasteiger partial charge in [0.2, 0.25) is 0 Å². The van der Waals surface area contributed by atoms with Gasteiger partial charge in [-0.3, -0.25) is 4.79 Å². The maximum atomic E-state index is 12.0. The number of hydrazone groups is 1. The second-order valence-electron chi connectivity index (χ2n) is 6.40. The third kappa shape index (κ3) is 6.39.